The lowest BCUT2D eigenvalue weighted by Crippen LogP contribution is -2.35. The molecule has 29 heavy (non-hydrogen) atoms. The Bertz CT molecular complexity index is 1050. The number of pyridine rings is 1. The summed E-state index contributed by atoms with van der Waals surface area (Å²) >= 11 is 3.41. The molecule has 2 aromatic carbocycles. The van der Waals surface area contributed by atoms with E-state index in [1.807, 2.05) is 54.6 Å². The molecule has 0 aliphatic carbocycles. The predicted molar refractivity (Wildman–Crippen MR) is 115 cm³/mol. The van der Waals surface area contributed by atoms with Gasteiger partial charge in [-0.15, -0.1) is 0 Å². The maximum atomic E-state index is 12.5. The zero-order valence-electron chi connectivity index (χ0n) is 15.7. The van der Waals surface area contributed by atoms with Crippen molar-refractivity contribution in [2.45, 2.75) is 6.42 Å². The zero-order valence-corrected chi connectivity index (χ0v) is 17.3. The first kappa shape index (κ1) is 19.4. The van der Waals surface area contributed by atoms with Crippen LogP contribution in [0.1, 0.15) is 6.42 Å². The van der Waals surface area contributed by atoms with Crippen molar-refractivity contribution in [2.75, 3.05) is 24.6 Å². The fraction of sp³-hybridized carbons (Fsp3) is 0.227. The molecule has 148 valence electrons. The number of halogens is 1. The van der Waals surface area contributed by atoms with Gasteiger partial charge >= 0.3 is 0 Å². The first-order valence-corrected chi connectivity index (χ1v) is 10.2. The van der Waals surface area contributed by atoms with E-state index in [-0.39, 0.29) is 24.2 Å². The number of amides is 2. The lowest BCUT2D eigenvalue weighted by molar-refractivity contribution is -0.126. The summed E-state index contributed by atoms with van der Waals surface area (Å²) in [6.07, 6.45) is 1.94. The number of carbonyl (C=O) groups is 2. The van der Waals surface area contributed by atoms with Crippen molar-refractivity contribution >= 4 is 44.3 Å². The first-order chi connectivity index (χ1) is 14.1. The molecular weight excluding hydrogens is 434 g/mol. The van der Waals surface area contributed by atoms with Crippen LogP contribution in [0.15, 0.2) is 65.3 Å². The lowest BCUT2D eigenvalue weighted by Gasteiger charge is -2.17. The number of hydrogen-bond acceptors (Lipinski definition) is 4. The summed E-state index contributed by atoms with van der Waals surface area (Å²) in [7, 11) is 0. The van der Waals surface area contributed by atoms with E-state index < -0.39 is 0 Å². The molecule has 1 saturated heterocycles. The van der Waals surface area contributed by atoms with Crippen molar-refractivity contribution in [3.05, 3.63) is 65.3 Å². The van der Waals surface area contributed by atoms with E-state index in [9.17, 15) is 9.59 Å². The van der Waals surface area contributed by atoms with Crippen LogP contribution in [-0.2, 0) is 9.59 Å². The van der Waals surface area contributed by atoms with Crippen LogP contribution in [0.3, 0.4) is 0 Å². The number of aromatic nitrogens is 1. The number of rotatable bonds is 6. The largest absolute Gasteiger partial charge is 0.489 e. The number of para-hydroxylation sites is 1. The van der Waals surface area contributed by atoms with E-state index in [4.69, 9.17) is 4.74 Å². The number of ether oxygens (including phenoxy) is 1. The van der Waals surface area contributed by atoms with Gasteiger partial charge in [0.1, 0.15) is 17.9 Å². The molecule has 7 heteroatoms. The molecule has 4 rings (SSSR count). The second-order valence-electron chi connectivity index (χ2n) is 6.86. The van der Waals surface area contributed by atoms with Crippen molar-refractivity contribution < 1.29 is 14.3 Å². The van der Waals surface area contributed by atoms with Crippen molar-refractivity contribution in [1.29, 1.82) is 0 Å². The third kappa shape index (κ3) is 4.40. The Balaban J connectivity index is 1.29. The molecule has 0 radical (unpaired) electrons. The quantitative estimate of drug-likeness (QED) is 0.579. The topological polar surface area (TPSA) is 71.5 Å². The molecule has 1 unspecified atom stereocenters. The molecule has 0 bridgehead atoms. The van der Waals surface area contributed by atoms with Gasteiger partial charge in [0.15, 0.2) is 0 Å². The van der Waals surface area contributed by atoms with Gasteiger partial charge in [0.2, 0.25) is 11.8 Å². The van der Waals surface area contributed by atoms with E-state index in [0.29, 0.717) is 25.4 Å². The lowest BCUT2D eigenvalue weighted by atomic mass is 10.1. The minimum Gasteiger partial charge on any atom is -0.489 e. The van der Waals surface area contributed by atoms with Crippen LogP contribution < -0.4 is 15.0 Å². The summed E-state index contributed by atoms with van der Waals surface area (Å²) in [5, 5.41) is 3.88. The number of carbonyl (C=O) groups excluding carboxylic acids is 2. The van der Waals surface area contributed by atoms with E-state index >= 15 is 0 Å². The van der Waals surface area contributed by atoms with Crippen LogP contribution in [0.4, 0.5) is 5.69 Å². The molecule has 1 N–H and O–H groups in total. The monoisotopic (exact) mass is 453 g/mol. The highest BCUT2D eigenvalue weighted by molar-refractivity contribution is 9.10. The van der Waals surface area contributed by atoms with Crippen molar-refractivity contribution in [2.24, 2.45) is 5.92 Å². The van der Waals surface area contributed by atoms with Crippen LogP contribution >= 0.6 is 15.9 Å². The van der Waals surface area contributed by atoms with Gasteiger partial charge in [-0.1, -0.05) is 40.2 Å². The van der Waals surface area contributed by atoms with Gasteiger partial charge in [-0.25, -0.2) is 0 Å². The fourth-order valence-corrected chi connectivity index (χ4v) is 3.84. The van der Waals surface area contributed by atoms with Crippen molar-refractivity contribution in [1.82, 2.24) is 10.3 Å². The van der Waals surface area contributed by atoms with Crippen LogP contribution in [0.2, 0.25) is 0 Å². The number of anilines is 1. The van der Waals surface area contributed by atoms with E-state index in [1.165, 1.54) is 0 Å². The van der Waals surface area contributed by atoms with Gasteiger partial charge in [-0.2, -0.15) is 0 Å². The standard InChI is InChI=1S/C22H20BrN3O3/c23-17-6-2-7-18(13-17)26-14-16(12-20(26)27)22(28)25-10-11-29-19-8-1-4-15-5-3-9-24-21(15)19/h1-9,13,16H,10-12,14H2,(H,25,28). The highest BCUT2D eigenvalue weighted by atomic mass is 79.9. The average molecular weight is 454 g/mol. The SMILES string of the molecule is O=C(NCCOc1cccc2cccnc12)C1CC(=O)N(c2cccc(Br)c2)C1. The fourth-order valence-electron chi connectivity index (χ4n) is 3.45. The minimum atomic E-state index is -0.360. The Morgan fingerprint density at radius 2 is 2.03 bits per heavy atom. The summed E-state index contributed by atoms with van der Waals surface area (Å²) in [5.74, 6) is 0.159. The van der Waals surface area contributed by atoms with Gasteiger partial charge in [-0.3, -0.25) is 14.6 Å². The summed E-state index contributed by atoms with van der Waals surface area (Å²) in [6.45, 7) is 1.08. The Labute approximate surface area is 177 Å². The molecule has 2 amide bonds. The van der Waals surface area contributed by atoms with Gasteiger partial charge < -0.3 is 15.0 Å². The van der Waals surface area contributed by atoms with Crippen LogP contribution in [0, 0.1) is 5.92 Å². The van der Waals surface area contributed by atoms with Gasteiger partial charge in [0.25, 0.3) is 0 Å². The van der Waals surface area contributed by atoms with Crippen LogP contribution in [0.25, 0.3) is 10.9 Å². The third-order valence-corrected chi connectivity index (χ3v) is 5.36. The predicted octanol–water partition coefficient (Wildman–Crippen LogP) is 3.55. The Morgan fingerprint density at radius 3 is 2.90 bits per heavy atom. The van der Waals surface area contributed by atoms with Gasteiger partial charge in [0, 0.05) is 34.7 Å². The highest BCUT2D eigenvalue weighted by Crippen LogP contribution is 2.27. The maximum Gasteiger partial charge on any atom is 0.227 e. The molecule has 3 aromatic rings. The summed E-state index contributed by atoms with van der Waals surface area (Å²) in [5.41, 5.74) is 1.60. The molecule has 6 nitrogen and oxygen atoms in total. The minimum absolute atomic E-state index is 0.0404. The molecule has 1 aromatic heterocycles. The smallest absolute Gasteiger partial charge is 0.227 e. The summed E-state index contributed by atoms with van der Waals surface area (Å²) in [6, 6.07) is 17.1. The average Bonchev–Trinajstić information content (AvgIpc) is 3.13. The normalized spacial score (nSPS) is 16.2. The summed E-state index contributed by atoms with van der Waals surface area (Å²) in [4.78, 5) is 30.8. The molecule has 1 fully saturated rings. The van der Waals surface area contributed by atoms with Crippen LogP contribution in [0.5, 0.6) is 5.75 Å². The Morgan fingerprint density at radius 1 is 1.21 bits per heavy atom. The second kappa shape index (κ2) is 8.61. The number of fused-ring (bicyclic) bond motifs is 1. The van der Waals surface area contributed by atoms with Gasteiger partial charge in [-0.05, 0) is 30.3 Å². The van der Waals surface area contributed by atoms with Gasteiger partial charge in [0.05, 0.1) is 12.5 Å². The second-order valence-corrected chi connectivity index (χ2v) is 7.77. The summed E-state index contributed by atoms with van der Waals surface area (Å²) < 4.78 is 6.70. The molecule has 0 spiro atoms. The third-order valence-electron chi connectivity index (χ3n) is 4.87. The maximum absolute atomic E-state index is 12.5. The number of nitrogens with zero attached hydrogens (tertiary/aromatic N) is 2. The van der Waals surface area contributed by atoms with Crippen molar-refractivity contribution in [3.63, 3.8) is 0 Å². The number of hydrogen-bond donors (Lipinski definition) is 1. The number of nitrogens with one attached hydrogen (secondary N) is 1. The first-order valence-electron chi connectivity index (χ1n) is 9.42. The molecule has 1 aliphatic heterocycles. The Kier molecular flexibility index (Phi) is 5.76. The molecular formula is C22H20BrN3O3. The highest BCUT2D eigenvalue weighted by Gasteiger charge is 2.35. The van der Waals surface area contributed by atoms with Crippen LogP contribution in [-0.4, -0.2) is 36.5 Å². The van der Waals surface area contributed by atoms with E-state index in [2.05, 4.69) is 26.2 Å². The molecule has 0 saturated carbocycles. The Hall–Kier alpha value is -2.93. The van der Waals surface area contributed by atoms with E-state index in [0.717, 1.165) is 21.1 Å². The molecule has 2 heterocycles. The zero-order chi connectivity index (χ0) is 20.2. The van der Waals surface area contributed by atoms with E-state index in [1.54, 1.807) is 11.1 Å². The van der Waals surface area contributed by atoms with Crippen molar-refractivity contribution in [3.8, 4) is 5.75 Å². The molecule has 1 aliphatic rings. The number of benzene rings is 2. The molecule has 1 atom stereocenters.